The molecule has 0 bridgehead atoms. The van der Waals surface area contributed by atoms with E-state index < -0.39 is 32.7 Å². The molecule has 0 fully saturated rings. The number of carbonyl (C=O) groups excluding carboxylic acids is 1. The third kappa shape index (κ3) is 5.57. The van der Waals surface area contributed by atoms with E-state index >= 15 is 0 Å². The molecule has 0 atom stereocenters. The smallest absolute Gasteiger partial charge is 0.416 e. The van der Waals surface area contributed by atoms with Gasteiger partial charge >= 0.3 is 6.18 Å². The van der Waals surface area contributed by atoms with Gasteiger partial charge in [-0.25, -0.2) is 5.43 Å². The number of carbonyl (C=O) groups is 1. The van der Waals surface area contributed by atoms with Crippen LogP contribution in [0.2, 0.25) is 0 Å². The summed E-state index contributed by atoms with van der Waals surface area (Å²) >= 11 is 0. The lowest BCUT2D eigenvalue weighted by Crippen LogP contribution is -2.18. The highest BCUT2D eigenvalue weighted by Gasteiger charge is 2.32. The van der Waals surface area contributed by atoms with E-state index in [0.29, 0.717) is 23.9 Å². The maximum absolute atomic E-state index is 13.2. The summed E-state index contributed by atoms with van der Waals surface area (Å²) < 4.78 is 77.9. The monoisotopic (exact) mass is 478 g/mol. The van der Waals surface area contributed by atoms with Gasteiger partial charge in [0.15, 0.2) is 0 Å². The summed E-state index contributed by atoms with van der Waals surface area (Å²) in [6, 6.07) is 14.1. The third-order valence-electron chi connectivity index (χ3n) is 4.56. The fourth-order valence-corrected chi connectivity index (χ4v) is 3.74. The zero-order chi connectivity index (χ0) is 24.2. The number of ether oxygens (including phenoxy) is 1. The minimum atomic E-state index is -4.83. The van der Waals surface area contributed by atoms with Gasteiger partial charge in [-0.1, -0.05) is 36.4 Å². The Kier molecular flexibility index (Phi) is 6.84. The van der Waals surface area contributed by atoms with Crippen molar-refractivity contribution in [2.75, 3.05) is 7.11 Å². The van der Waals surface area contributed by atoms with Crippen LogP contribution in [0.5, 0.6) is 5.75 Å². The van der Waals surface area contributed by atoms with Crippen molar-refractivity contribution in [2.24, 2.45) is 5.10 Å². The zero-order valence-electron chi connectivity index (χ0n) is 17.0. The minimum absolute atomic E-state index is 0.0477. The van der Waals surface area contributed by atoms with Gasteiger partial charge in [0, 0.05) is 11.1 Å². The van der Waals surface area contributed by atoms with Crippen molar-refractivity contribution in [3.8, 4) is 16.9 Å². The van der Waals surface area contributed by atoms with Crippen LogP contribution < -0.4 is 10.2 Å². The lowest BCUT2D eigenvalue weighted by Gasteiger charge is -2.14. The van der Waals surface area contributed by atoms with Gasteiger partial charge in [-0.2, -0.15) is 26.7 Å². The lowest BCUT2D eigenvalue weighted by molar-refractivity contribution is -0.137. The SMILES string of the molecule is COc1ccccc1C(=O)N/N=C\c1ccccc1-c1cc(C(F)(F)F)ccc1S(=O)(=O)O. The molecule has 3 aromatic rings. The number of amides is 1. The molecule has 0 aliphatic rings. The first kappa shape index (κ1) is 24.0. The Hall–Kier alpha value is -3.70. The van der Waals surface area contributed by atoms with Gasteiger partial charge in [-0.3, -0.25) is 9.35 Å². The molecule has 0 spiro atoms. The average molecular weight is 478 g/mol. The maximum atomic E-state index is 13.2. The quantitative estimate of drug-likeness (QED) is 0.311. The summed E-state index contributed by atoms with van der Waals surface area (Å²) in [5.74, 6) is -0.286. The van der Waals surface area contributed by atoms with Crippen LogP contribution in [0.3, 0.4) is 0 Å². The first-order chi connectivity index (χ1) is 15.5. The normalized spacial score (nSPS) is 12.0. The van der Waals surface area contributed by atoms with E-state index in [0.717, 1.165) is 6.21 Å². The van der Waals surface area contributed by atoms with Crippen LogP contribution in [0, 0.1) is 0 Å². The second-order valence-corrected chi connectivity index (χ2v) is 8.06. The maximum Gasteiger partial charge on any atom is 0.416 e. The summed E-state index contributed by atoms with van der Waals surface area (Å²) in [6.07, 6.45) is -3.59. The Bertz CT molecular complexity index is 1320. The van der Waals surface area contributed by atoms with Gasteiger partial charge in [0.1, 0.15) is 10.6 Å². The van der Waals surface area contributed by atoms with Crippen molar-refractivity contribution in [3.05, 3.63) is 83.4 Å². The molecule has 11 heteroatoms. The number of hydrogen-bond donors (Lipinski definition) is 2. The highest BCUT2D eigenvalue weighted by atomic mass is 32.2. The number of rotatable bonds is 6. The molecule has 0 radical (unpaired) electrons. The van der Waals surface area contributed by atoms with Gasteiger partial charge in [0.25, 0.3) is 16.0 Å². The Morgan fingerprint density at radius 3 is 2.36 bits per heavy atom. The van der Waals surface area contributed by atoms with Crippen LogP contribution in [-0.2, 0) is 16.3 Å². The molecule has 0 aliphatic carbocycles. The van der Waals surface area contributed by atoms with Gasteiger partial charge < -0.3 is 4.74 Å². The molecule has 0 unspecified atom stereocenters. The topological polar surface area (TPSA) is 105 Å². The van der Waals surface area contributed by atoms with Gasteiger partial charge in [-0.15, -0.1) is 0 Å². The molecule has 2 N–H and O–H groups in total. The highest BCUT2D eigenvalue weighted by Crippen LogP contribution is 2.36. The van der Waals surface area contributed by atoms with Gasteiger partial charge in [0.05, 0.1) is 24.5 Å². The third-order valence-corrected chi connectivity index (χ3v) is 5.47. The van der Waals surface area contributed by atoms with Crippen LogP contribution in [0.1, 0.15) is 21.5 Å². The van der Waals surface area contributed by atoms with Crippen molar-refractivity contribution in [3.63, 3.8) is 0 Å². The Morgan fingerprint density at radius 1 is 1.03 bits per heavy atom. The van der Waals surface area contributed by atoms with Crippen LogP contribution in [-0.4, -0.2) is 32.2 Å². The van der Waals surface area contributed by atoms with E-state index in [1.165, 1.54) is 31.4 Å². The van der Waals surface area contributed by atoms with E-state index in [1.54, 1.807) is 24.3 Å². The van der Waals surface area contributed by atoms with Gasteiger partial charge in [0.2, 0.25) is 0 Å². The van der Waals surface area contributed by atoms with E-state index in [9.17, 15) is 30.9 Å². The summed E-state index contributed by atoms with van der Waals surface area (Å²) in [4.78, 5) is 11.7. The zero-order valence-corrected chi connectivity index (χ0v) is 17.8. The number of benzene rings is 3. The molecule has 1 amide bonds. The second-order valence-electron chi connectivity index (χ2n) is 6.67. The Labute approximate surface area is 187 Å². The molecular formula is C22H17F3N2O5S. The van der Waals surface area contributed by atoms with Crippen molar-refractivity contribution >= 4 is 22.2 Å². The summed E-state index contributed by atoms with van der Waals surface area (Å²) in [5, 5.41) is 3.83. The summed E-state index contributed by atoms with van der Waals surface area (Å²) in [5.41, 5.74) is 1.27. The molecular weight excluding hydrogens is 461 g/mol. The predicted octanol–water partition coefficient (Wildman–Crippen LogP) is 4.39. The number of para-hydroxylation sites is 1. The summed E-state index contributed by atoms with van der Waals surface area (Å²) in [7, 11) is -3.44. The summed E-state index contributed by atoms with van der Waals surface area (Å²) in [6.45, 7) is 0. The van der Waals surface area contributed by atoms with Gasteiger partial charge in [-0.05, 0) is 35.9 Å². The molecule has 7 nitrogen and oxygen atoms in total. The standard InChI is InChI=1S/C22H17F3N2O5S/c1-32-19-9-5-4-8-17(19)21(28)27-26-13-14-6-2-3-7-16(14)18-12-15(22(23,24)25)10-11-20(18)33(29,30)31/h2-13H,1H3,(H,27,28)(H,29,30,31)/b26-13-. The number of alkyl halides is 3. The molecule has 0 aliphatic heterocycles. The van der Waals surface area contributed by atoms with E-state index in [1.807, 2.05) is 0 Å². The van der Waals surface area contributed by atoms with Crippen molar-refractivity contribution < 1.29 is 35.7 Å². The fourth-order valence-electron chi connectivity index (χ4n) is 3.05. The molecule has 0 aromatic heterocycles. The predicted molar refractivity (Wildman–Crippen MR) is 115 cm³/mol. The van der Waals surface area contributed by atoms with Crippen LogP contribution in [0.25, 0.3) is 11.1 Å². The van der Waals surface area contributed by atoms with Crippen molar-refractivity contribution in [1.82, 2.24) is 5.43 Å². The molecule has 33 heavy (non-hydrogen) atoms. The molecule has 0 saturated heterocycles. The molecule has 3 aromatic carbocycles. The fraction of sp³-hybridized carbons (Fsp3) is 0.0909. The number of nitrogens with one attached hydrogen (secondary N) is 1. The number of methoxy groups -OCH3 is 1. The van der Waals surface area contributed by atoms with Crippen LogP contribution in [0.4, 0.5) is 13.2 Å². The molecule has 172 valence electrons. The second kappa shape index (κ2) is 9.43. The van der Waals surface area contributed by atoms with E-state index in [-0.39, 0.29) is 22.3 Å². The first-order valence-electron chi connectivity index (χ1n) is 9.27. The van der Waals surface area contributed by atoms with E-state index in [4.69, 9.17) is 4.74 Å². The Balaban J connectivity index is 2.01. The molecule has 3 rings (SSSR count). The van der Waals surface area contributed by atoms with E-state index in [2.05, 4.69) is 10.5 Å². The molecule has 0 heterocycles. The van der Waals surface area contributed by atoms with Crippen molar-refractivity contribution in [1.29, 1.82) is 0 Å². The van der Waals surface area contributed by atoms with Crippen LogP contribution in [0.15, 0.2) is 76.7 Å². The number of hydrazone groups is 1. The number of nitrogens with zero attached hydrogens (tertiary/aromatic N) is 1. The number of halogens is 3. The lowest BCUT2D eigenvalue weighted by atomic mass is 9.98. The average Bonchev–Trinajstić information content (AvgIpc) is 2.77. The Morgan fingerprint density at radius 2 is 1.70 bits per heavy atom. The van der Waals surface area contributed by atoms with Crippen molar-refractivity contribution in [2.45, 2.75) is 11.1 Å². The number of hydrogen-bond acceptors (Lipinski definition) is 5. The minimum Gasteiger partial charge on any atom is -0.496 e. The largest absolute Gasteiger partial charge is 0.496 e. The highest BCUT2D eigenvalue weighted by molar-refractivity contribution is 7.86. The first-order valence-corrected chi connectivity index (χ1v) is 10.7. The molecule has 0 saturated carbocycles. The van der Waals surface area contributed by atoms with Crippen LogP contribution >= 0.6 is 0 Å².